The van der Waals surface area contributed by atoms with Gasteiger partial charge in [-0.05, 0) is 42.5 Å². The molecule has 0 saturated heterocycles. The molecule has 31 heavy (non-hydrogen) atoms. The monoisotopic (exact) mass is 533 g/mol. The SMILES string of the molecule is CN=C(NCCc1ccc(C)c(OC)c1)NCc1nccn1CCc1ccccc1.I. The molecule has 1 aromatic heterocycles. The van der Waals surface area contributed by atoms with Crippen LogP contribution in [0.1, 0.15) is 22.5 Å². The molecular formula is C24H32IN5O. The topological polar surface area (TPSA) is 63.5 Å². The molecule has 0 aliphatic rings. The summed E-state index contributed by atoms with van der Waals surface area (Å²) in [5, 5.41) is 6.73. The number of guanidine groups is 1. The van der Waals surface area contributed by atoms with Gasteiger partial charge in [0.1, 0.15) is 11.6 Å². The first kappa shape index (κ1) is 24.7. The highest BCUT2D eigenvalue weighted by Crippen LogP contribution is 2.19. The molecule has 3 aromatic rings. The Morgan fingerprint density at radius 1 is 1.06 bits per heavy atom. The number of aliphatic imine (C=N–C) groups is 1. The summed E-state index contributed by atoms with van der Waals surface area (Å²) in [4.78, 5) is 8.82. The Morgan fingerprint density at radius 3 is 2.61 bits per heavy atom. The molecule has 2 N–H and O–H groups in total. The van der Waals surface area contributed by atoms with Crippen molar-refractivity contribution < 1.29 is 4.74 Å². The van der Waals surface area contributed by atoms with Gasteiger partial charge in [0.2, 0.25) is 0 Å². The summed E-state index contributed by atoms with van der Waals surface area (Å²) in [7, 11) is 3.49. The molecule has 0 aliphatic carbocycles. The molecule has 1 heterocycles. The number of rotatable bonds is 9. The zero-order valence-corrected chi connectivity index (χ0v) is 20.8. The number of halogens is 1. The number of benzene rings is 2. The number of nitrogens with one attached hydrogen (secondary N) is 2. The first-order valence-corrected chi connectivity index (χ1v) is 10.3. The third-order valence-corrected chi connectivity index (χ3v) is 5.10. The van der Waals surface area contributed by atoms with Crippen LogP contribution in [-0.2, 0) is 25.9 Å². The van der Waals surface area contributed by atoms with E-state index >= 15 is 0 Å². The van der Waals surface area contributed by atoms with Gasteiger partial charge in [0, 0.05) is 32.5 Å². The van der Waals surface area contributed by atoms with Crippen LogP contribution < -0.4 is 15.4 Å². The molecule has 0 fully saturated rings. The quantitative estimate of drug-likeness (QED) is 0.248. The smallest absolute Gasteiger partial charge is 0.191 e. The number of nitrogens with zero attached hydrogens (tertiary/aromatic N) is 3. The summed E-state index contributed by atoms with van der Waals surface area (Å²) in [6.45, 7) is 4.37. The maximum absolute atomic E-state index is 5.41. The van der Waals surface area contributed by atoms with Crippen LogP contribution in [0, 0.1) is 6.92 Å². The van der Waals surface area contributed by atoms with E-state index in [4.69, 9.17) is 4.74 Å². The van der Waals surface area contributed by atoms with E-state index in [0.29, 0.717) is 6.54 Å². The van der Waals surface area contributed by atoms with Crippen LogP contribution in [0.2, 0.25) is 0 Å². The van der Waals surface area contributed by atoms with Crippen LogP contribution in [-0.4, -0.2) is 36.2 Å². The predicted octanol–water partition coefficient (Wildman–Crippen LogP) is 3.97. The average Bonchev–Trinajstić information content (AvgIpc) is 3.23. The molecule has 0 atom stereocenters. The molecule has 0 amide bonds. The van der Waals surface area contributed by atoms with Crippen molar-refractivity contribution in [1.29, 1.82) is 0 Å². The van der Waals surface area contributed by atoms with Crippen molar-refractivity contribution in [2.75, 3.05) is 20.7 Å². The molecule has 3 rings (SSSR count). The molecule has 0 saturated carbocycles. The Morgan fingerprint density at radius 2 is 1.87 bits per heavy atom. The number of imidazole rings is 1. The zero-order chi connectivity index (χ0) is 21.2. The Labute approximate surface area is 202 Å². The second-order valence-electron chi connectivity index (χ2n) is 7.18. The van der Waals surface area contributed by atoms with Crippen LogP contribution >= 0.6 is 24.0 Å². The summed E-state index contributed by atoms with van der Waals surface area (Å²) in [6, 6.07) is 16.8. The highest BCUT2D eigenvalue weighted by atomic mass is 127. The van der Waals surface area contributed by atoms with Gasteiger partial charge in [-0.3, -0.25) is 4.99 Å². The lowest BCUT2D eigenvalue weighted by atomic mass is 10.1. The number of aryl methyl sites for hydroxylation is 3. The van der Waals surface area contributed by atoms with E-state index in [0.717, 1.165) is 49.0 Å². The van der Waals surface area contributed by atoms with Crippen molar-refractivity contribution in [2.24, 2.45) is 4.99 Å². The Kier molecular flexibility index (Phi) is 10.4. The predicted molar refractivity (Wildman–Crippen MR) is 137 cm³/mol. The maximum Gasteiger partial charge on any atom is 0.191 e. The van der Waals surface area contributed by atoms with E-state index in [9.17, 15) is 0 Å². The minimum Gasteiger partial charge on any atom is -0.496 e. The maximum atomic E-state index is 5.41. The van der Waals surface area contributed by atoms with E-state index in [2.05, 4.69) is 74.6 Å². The first-order valence-electron chi connectivity index (χ1n) is 10.3. The van der Waals surface area contributed by atoms with Gasteiger partial charge in [-0.25, -0.2) is 4.98 Å². The number of hydrogen-bond acceptors (Lipinski definition) is 3. The van der Waals surface area contributed by atoms with Crippen molar-refractivity contribution in [3.63, 3.8) is 0 Å². The normalized spacial score (nSPS) is 11.0. The number of hydrogen-bond donors (Lipinski definition) is 2. The van der Waals surface area contributed by atoms with E-state index in [1.165, 1.54) is 11.1 Å². The van der Waals surface area contributed by atoms with E-state index in [1.54, 1.807) is 14.2 Å². The molecule has 166 valence electrons. The first-order chi connectivity index (χ1) is 14.7. The minimum absolute atomic E-state index is 0. The van der Waals surface area contributed by atoms with Crippen molar-refractivity contribution in [1.82, 2.24) is 20.2 Å². The Balaban J connectivity index is 0.00000341. The molecule has 0 unspecified atom stereocenters. The highest BCUT2D eigenvalue weighted by molar-refractivity contribution is 14.0. The molecule has 0 aliphatic heterocycles. The van der Waals surface area contributed by atoms with Crippen LogP contribution in [0.15, 0.2) is 65.9 Å². The van der Waals surface area contributed by atoms with Gasteiger partial charge in [0.05, 0.1) is 13.7 Å². The minimum atomic E-state index is 0. The van der Waals surface area contributed by atoms with E-state index < -0.39 is 0 Å². The molecule has 0 radical (unpaired) electrons. The van der Waals surface area contributed by atoms with E-state index in [-0.39, 0.29) is 24.0 Å². The fraction of sp³-hybridized carbons (Fsp3) is 0.333. The van der Waals surface area contributed by atoms with Crippen molar-refractivity contribution in [2.45, 2.75) is 32.9 Å². The molecule has 7 heteroatoms. The lowest BCUT2D eigenvalue weighted by Gasteiger charge is -2.13. The fourth-order valence-electron chi connectivity index (χ4n) is 3.33. The summed E-state index contributed by atoms with van der Waals surface area (Å²) in [6.07, 6.45) is 5.75. The Bertz CT molecular complexity index is 956. The van der Waals surface area contributed by atoms with Gasteiger partial charge in [-0.2, -0.15) is 0 Å². The Hall–Kier alpha value is -2.55. The zero-order valence-electron chi connectivity index (χ0n) is 18.5. The summed E-state index contributed by atoms with van der Waals surface area (Å²) in [5.41, 5.74) is 3.71. The van der Waals surface area contributed by atoms with Crippen molar-refractivity contribution in [3.05, 3.63) is 83.4 Å². The summed E-state index contributed by atoms with van der Waals surface area (Å²) >= 11 is 0. The second kappa shape index (κ2) is 13.0. The number of methoxy groups -OCH3 is 1. The lowest BCUT2D eigenvalue weighted by Crippen LogP contribution is -2.38. The number of aromatic nitrogens is 2. The molecule has 0 bridgehead atoms. The molecular weight excluding hydrogens is 501 g/mol. The van der Waals surface area contributed by atoms with Gasteiger partial charge >= 0.3 is 0 Å². The largest absolute Gasteiger partial charge is 0.496 e. The fourth-order valence-corrected chi connectivity index (χ4v) is 3.33. The van der Waals surface area contributed by atoms with Gasteiger partial charge in [-0.15, -0.1) is 24.0 Å². The number of ether oxygens (including phenoxy) is 1. The summed E-state index contributed by atoms with van der Waals surface area (Å²) in [5.74, 6) is 2.70. The molecule has 0 spiro atoms. The van der Waals surface area contributed by atoms with Gasteiger partial charge in [0.15, 0.2) is 5.96 Å². The van der Waals surface area contributed by atoms with Crippen LogP contribution in [0.25, 0.3) is 0 Å². The second-order valence-corrected chi connectivity index (χ2v) is 7.18. The van der Waals surface area contributed by atoms with Crippen LogP contribution in [0.5, 0.6) is 5.75 Å². The third kappa shape index (κ3) is 7.57. The molecule has 6 nitrogen and oxygen atoms in total. The van der Waals surface area contributed by atoms with Crippen LogP contribution in [0.4, 0.5) is 0 Å². The van der Waals surface area contributed by atoms with Gasteiger partial charge in [-0.1, -0.05) is 42.5 Å². The summed E-state index contributed by atoms with van der Waals surface area (Å²) < 4.78 is 7.59. The van der Waals surface area contributed by atoms with Gasteiger partial charge < -0.3 is 19.9 Å². The average molecular weight is 533 g/mol. The van der Waals surface area contributed by atoms with Crippen LogP contribution in [0.3, 0.4) is 0 Å². The van der Waals surface area contributed by atoms with Crippen molar-refractivity contribution >= 4 is 29.9 Å². The standard InChI is InChI=1S/C24H31N5O.HI/c1-19-9-10-21(17-22(19)30-3)11-13-27-24(25-2)28-18-23-26-14-16-29(23)15-12-20-7-5-4-6-8-20;/h4-10,14,16-17H,11-13,15,18H2,1-3H3,(H2,25,27,28);1H. The third-order valence-electron chi connectivity index (χ3n) is 5.10. The molecule has 2 aromatic carbocycles. The lowest BCUT2D eigenvalue weighted by molar-refractivity contribution is 0.411. The van der Waals surface area contributed by atoms with Crippen molar-refractivity contribution in [3.8, 4) is 5.75 Å². The van der Waals surface area contributed by atoms with Gasteiger partial charge in [0.25, 0.3) is 0 Å². The van der Waals surface area contributed by atoms with E-state index in [1.807, 2.05) is 18.5 Å². The highest BCUT2D eigenvalue weighted by Gasteiger charge is 2.06.